The van der Waals surface area contributed by atoms with E-state index in [1.54, 1.807) is 9.80 Å². The smallest absolute Gasteiger partial charge is 0.274 e. The molecule has 47 heavy (non-hydrogen) atoms. The number of rotatable bonds is 10. The Morgan fingerprint density at radius 3 is 2.02 bits per heavy atom. The summed E-state index contributed by atoms with van der Waals surface area (Å²) in [4.78, 5) is 60.2. The minimum Gasteiger partial charge on any atom is -0.387 e. The van der Waals surface area contributed by atoms with Gasteiger partial charge in [0.25, 0.3) is 5.91 Å². The van der Waals surface area contributed by atoms with Crippen LogP contribution in [0.4, 0.5) is 0 Å². The second-order valence-electron chi connectivity index (χ2n) is 13.2. The summed E-state index contributed by atoms with van der Waals surface area (Å²) in [6.07, 6.45) is 6.66. The van der Waals surface area contributed by atoms with Crippen molar-refractivity contribution in [2.24, 2.45) is 11.8 Å². The Morgan fingerprint density at radius 2 is 1.53 bits per heavy atom. The fourth-order valence-electron chi connectivity index (χ4n) is 5.32. The Hall–Kier alpha value is -4.27. The number of hydrogen-bond acceptors (Lipinski definition) is 8. The van der Waals surface area contributed by atoms with E-state index in [0.29, 0.717) is 31.2 Å². The van der Waals surface area contributed by atoms with Crippen LogP contribution in [0, 0.1) is 18.8 Å². The van der Waals surface area contributed by atoms with Crippen molar-refractivity contribution in [1.82, 2.24) is 46.1 Å². The molecule has 3 atom stereocenters. The highest BCUT2D eigenvalue weighted by atomic mass is 16.3. The lowest BCUT2D eigenvalue weighted by atomic mass is 10.1. The van der Waals surface area contributed by atoms with Crippen LogP contribution in [0.1, 0.15) is 98.8 Å². The number of amides is 5. The van der Waals surface area contributed by atoms with Gasteiger partial charge in [0.2, 0.25) is 24.1 Å². The molecule has 4 aliphatic rings. The number of aryl methyl sites for hydroxylation is 1. The molecule has 0 radical (unpaired) electrons. The summed E-state index contributed by atoms with van der Waals surface area (Å²) in [5, 5.41) is 30.9. The molecule has 2 saturated carbocycles. The normalized spacial score (nSPS) is 20.8. The molecule has 2 aromatic heterocycles. The molecular weight excluding hydrogens is 606 g/mol. The van der Waals surface area contributed by atoms with Gasteiger partial charge in [-0.3, -0.25) is 34.2 Å². The fourth-order valence-corrected chi connectivity index (χ4v) is 5.32. The van der Waals surface area contributed by atoms with Crippen LogP contribution >= 0.6 is 0 Å². The van der Waals surface area contributed by atoms with Crippen molar-refractivity contribution < 1.29 is 29.1 Å². The van der Waals surface area contributed by atoms with Crippen LogP contribution in [0.3, 0.4) is 0 Å². The highest BCUT2D eigenvalue weighted by molar-refractivity contribution is 5.92. The van der Waals surface area contributed by atoms with Crippen LogP contribution in [-0.2, 0) is 19.2 Å². The van der Waals surface area contributed by atoms with Crippen LogP contribution in [0.5, 0.6) is 0 Å². The summed E-state index contributed by atoms with van der Waals surface area (Å²) >= 11 is 0. The van der Waals surface area contributed by atoms with Crippen molar-refractivity contribution in [3.05, 3.63) is 34.9 Å². The molecule has 258 valence electrons. The Labute approximate surface area is 275 Å². The number of hydrogen-bond donors (Lipinski definition) is 6. The zero-order chi connectivity index (χ0) is 34.1. The number of carbonyl (C=O) groups excluding carboxylic acids is 5. The minimum atomic E-state index is -0.492. The van der Waals surface area contributed by atoms with E-state index >= 15 is 0 Å². The van der Waals surface area contributed by atoms with Gasteiger partial charge in [0.1, 0.15) is 12.3 Å². The first-order valence-corrected chi connectivity index (χ1v) is 16.5. The SMILES string of the molecule is CC(C)c1cc(C(=O)N2CCC(NC(=O)C3CC3)C2)n[nH]1.Cc1cc(C(C)NC(=O)CO)n[nH]1.O=CN1CCC(NC(=O)C2CC2)C1. The lowest BCUT2D eigenvalue weighted by Gasteiger charge is -2.15. The molecular formula is C32H49N9O6. The van der Waals surface area contributed by atoms with E-state index in [9.17, 15) is 24.0 Å². The van der Waals surface area contributed by atoms with Crippen molar-refractivity contribution in [2.75, 3.05) is 32.8 Å². The van der Waals surface area contributed by atoms with Gasteiger partial charge in [-0.2, -0.15) is 10.2 Å². The zero-order valence-electron chi connectivity index (χ0n) is 27.8. The van der Waals surface area contributed by atoms with Gasteiger partial charge in [-0.1, -0.05) is 13.8 Å². The molecule has 15 nitrogen and oxygen atoms in total. The third kappa shape index (κ3) is 10.9. The number of likely N-dealkylation sites (tertiary alicyclic amines) is 2. The average molecular weight is 656 g/mol. The summed E-state index contributed by atoms with van der Waals surface area (Å²) < 4.78 is 0. The molecule has 0 aromatic carbocycles. The number of carbonyl (C=O) groups is 5. The summed E-state index contributed by atoms with van der Waals surface area (Å²) in [6, 6.07) is 3.78. The third-order valence-corrected chi connectivity index (χ3v) is 8.56. The second kappa shape index (κ2) is 16.5. The maximum atomic E-state index is 12.4. The van der Waals surface area contributed by atoms with Crippen LogP contribution in [0.15, 0.2) is 12.1 Å². The average Bonchev–Trinajstić information content (AvgIpc) is 3.86. The predicted octanol–water partition coefficient (Wildman–Crippen LogP) is 0.905. The highest BCUT2D eigenvalue weighted by Crippen LogP contribution is 2.30. The largest absolute Gasteiger partial charge is 0.387 e. The zero-order valence-corrected chi connectivity index (χ0v) is 27.8. The number of aliphatic hydroxyl groups excluding tert-OH is 1. The van der Waals surface area contributed by atoms with Crippen molar-refractivity contribution in [2.45, 2.75) is 90.3 Å². The first kappa shape index (κ1) is 35.6. The van der Waals surface area contributed by atoms with Crippen molar-refractivity contribution in [1.29, 1.82) is 0 Å². The molecule has 2 saturated heterocycles. The number of aliphatic hydroxyl groups is 1. The number of aromatic nitrogens is 4. The molecule has 6 N–H and O–H groups in total. The van der Waals surface area contributed by atoms with E-state index in [2.05, 4.69) is 50.2 Å². The Bertz CT molecular complexity index is 1380. The predicted molar refractivity (Wildman–Crippen MR) is 172 cm³/mol. The first-order valence-electron chi connectivity index (χ1n) is 16.5. The van der Waals surface area contributed by atoms with Gasteiger partial charge >= 0.3 is 0 Å². The lowest BCUT2D eigenvalue weighted by molar-refractivity contribution is -0.124. The first-order chi connectivity index (χ1) is 22.5. The van der Waals surface area contributed by atoms with Gasteiger partial charge in [-0.05, 0) is 70.4 Å². The molecule has 0 spiro atoms. The van der Waals surface area contributed by atoms with Crippen LogP contribution in [0.2, 0.25) is 0 Å². The summed E-state index contributed by atoms with van der Waals surface area (Å²) in [7, 11) is 0. The molecule has 15 heteroatoms. The number of H-pyrrole nitrogens is 2. The molecule has 6 rings (SSSR count). The van der Waals surface area contributed by atoms with E-state index in [0.717, 1.165) is 68.6 Å². The van der Waals surface area contributed by atoms with Crippen molar-refractivity contribution in [3.63, 3.8) is 0 Å². The fraction of sp³-hybridized carbons (Fsp3) is 0.656. The van der Waals surface area contributed by atoms with Gasteiger partial charge < -0.3 is 30.9 Å². The maximum absolute atomic E-state index is 12.4. The molecule has 2 aromatic rings. The van der Waals surface area contributed by atoms with E-state index in [4.69, 9.17) is 5.11 Å². The second-order valence-corrected chi connectivity index (χ2v) is 13.2. The Balaban J connectivity index is 0.000000168. The summed E-state index contributed by atoms with van der Waals surface area (Å²) in [5.41, 5.74) is 3.14. The van der Waals surface area contributed by atoms with Crippen molar-refractivity contribution in [3.8, 4) is 0 Å². The van der Waals surface area contributed by atoms with E-state index < -0.39 is 12.5 Å². The number of aromatic amines is 2. The third-order valence-electron chi connectivity index (χ3n) is 8.56. The Kier molecular flexibility index (Phi) is 12.5. The minimum absolute atomic E-state index is 0.0543. The molecule has 2 aliphatic carbocycles. The van der Waals surface area contributed by atoms with Gasteiger partial charge in [-0.25, -0.2) is 0 Å². The number of nitrogens with zero attached hydrogens (tertiary/aromatic N) is 4. The van der Waals surface area contributed by atoms with E-state index in [1.807, 2.05) is 26.0 Å². The van der Waals surface area contributed by atoms with Crippen LogP contribution in [-0.4, -0.2) is 110 Å². The molecule has 4 heterocycles. The molecule has 4 fully saturated rings. The van der Waals surface area contributed by atoms with E-state index in [-0.39, 0.29) is 47.7 Å². The molecule has 2 aliphatic heterocycles. The monoisotopic (exact) mass is 655 g/mol. The van der Waals surface area contributed by atoms with Gasteiger partial charge in [0, 0.05) is 61.5 Å². The Morgan fingerprint density at radius 1 is 0.915 bits per heavy atom. The van der Waals surface area contributed by atoms with Crippen molar-refractivity contribution >= 4 is 30.0 Å². The van der Waals surface area contributed by atoms with Gasteiger partial charge in [-0.15, -0.1) is 0 Å². The number of nitrogens with one attached hydrogen (secondary N) is 5. The quantitative estimate of drug-likeness (QED) is 0.202. The lowest BCUT2D eigenvalue weighted by Crippen LogP contribution is -2.39. The maximum Gasteiger partial charge on any atom is 0.274 e. The van der Waals surface area contributed by atoms with Crippen LogP contribution < -0.4 is 16.0 Å². The summed E-state index contributed by atoms with van der Waals surface area (Å²) in [5.74, 6) is 0.687. The molecule has 0 bridgehead atoms. The molecule has 5 amide bonds. The highest BCUT2D eigenvalue weighted by Gasteiger charge is 2.35. The van der Waals surface area contributed by atoms with Gasteiger partial charge in [0.15, 0.2) is 0 Å². The van der Waals surface area contributed by atoms with E-state index in [1.165, 1.54) is 0 Å². The van der Waals surface area contributed by atoms with Gasteiger partial charge in [0.05, 0.1) is 11.7 Å². The molecule has 3 unspecified atom stereocenters. The topological polar surface area (TPSA) is 206 Å². The van der Waals surface area contributed by atoms with Crippen LogP contribution in [0.25, 0.3) is 0 Å². The standard InChI is InChI=1S/C15H22N4O2.C9H14N2O2.C8H13N3O2/c1-9(2)12-7-13(18-17-12)15(21)19-6-5-11(8-19)16-14(20)10-3-4-10;12-6-11-4-3-8(5-11)10-9(13)7-1-2-7;1-5-3-7(11-10-5)6(2)9-8(13)4-12/h7,9-11H,3-6,8H2,1-2H3,(H,16,20)(H,17,18);6-8H,1-5H2,(H,10,13);3,6,12H,4H2,1-2H3,(H,9,13)(H,10,11). The summed E-state index contributed by atoms with van der Waals surface area (Å²) in [6.45, 7) is 10.0.